The smallest absolute Gasteiger partial charge is 0.222 e. The maximum atomic E-state index is 12.1. The van der Waals surface area contributed by atoms with E-state index in [2.05, 4.69) is 43.7 Å². The number of aliphatic hydroxyl groups excluding tert-OH is 1. The molecule has 0 radical (unpaired) electrons. The summed E-state index contributed by atoms with van der Waals surface area (Å²) in [4.78, 5) is 18.5. The van der Waals surface area contributed by atoms with Crippen LogP contribution in [-0.2, 0) is 11.8 Å². The second-order valence-electron chi connectivity index (χ2n) is 9.37. The van der Waals surface area contributed by atoms with Crippen LogP contribution < -0.4 is 10.6 Å². The molecule has 1 amide bonds. The van der Waals surface area contributed by atoms with Crippen LogP contribution in [0.1, 0.15) is 18.4 Å². The number of nitrogens with one attached hydrogen (secondary N) is 2. The van der Waals surface area contributed by atoms with E-state index in [1.54, 1.807) is 27.8 Å². The third-order valence-electron chi connectivity index (χ3n) is 5.88. The minimum Gasteiger partial charge on any atom is -0.392 e. The van der Waals surface area contributed by atoms with Gasteiger partial charge in [0, 0.05) is 67.4 Å². The minimum atomic E-state index is -0.790. The average molecular weight is 526 g/mol. The largest absolute Gasteiger partial charge is 0.392 e. The van der Waals surface area contributed by atoms with Crippen LogP contribution in [0, 0.1) is 23.2 Å². The maximum Gasteiger partial charge on any atom is 0.222 e. The van der Waals surface area contributed by atoms with Crippen molar-refractivity contribution in [2.45, 2.75) is 18.9 Å². The van der Waals surface area contributed by atoms with Crippen LogP contribution in [-0.4, -0.2) is 80.1 Å². The highest BCUT2D eigenvalue weighted by Gasteiger charge is 2.15. The molecule has 4 rings (SSSR count). The number of pyridine rings is 2. The van der Waals surface area contributed by atoms with Gasteiger partial charge in [-0.15, -0.1) is 0 Å². The van der Waals surface area contributed by atoms with Crippen molar-refractivity contribution in [2.24, 2.45) is 7.05 Å². The molecule has 0 aromatic carbocycles. The van der Waals surface area contributed by atoms with Crippen molar-refractivity contribution in [1.82, 2.24) is 34.6 Å². The summed E-state index contributed by atoms with van der Waals surface area (Å²) >= 11 is 0. The van der Waals surface area contributed by atoms with E-state index in [0.717, 1.165) is 22.3 Å². The third-order valence-corrected chi connectivity index (χ3v) is 5.88. The number of anilines is 1. The average Bonchev–Trinajstić information content (AvgIpc) is 3.55. The molecule has 0 spiro atoms. The standard InChI is InChI=1S/C28H31N9O2/c1-35(2)11-5-4-6-24(38)13-27(39)31-10-9-30-26-8-7-20(15-32-26)25-12-21(23-17-33-36(3)18-23)19-37-28(25)22(14-29)16-34-37/h7-8,12,15-19,24,38H,6,9-11,13H2,1-3H3,(H,30,32)(H,31,39). The van der Waals surface area contributed by atoms with Crippen LogP contribution in [0.25, 0.3) is 27.8 Å². The van der Waals surface area contributed by atoms with Crippen molar-refractivity contribution in [3.8, 4) is 40.2 Å². The lowest BCUT2D eigenvalue weighted by Gasteiger charge is -2.11. The highest BCUT2D eigenvalue weighted by Crippen LogP contribution is 2.31. The number of hydrogen-bond acceptors (Lipinski definition) is 8. The predicted molar refractivity (Wildman–Crippen MR) is 148 cm³/mol. The number of rotatable bonds is 10. The van der Waals surface area contributed by atoms with Crippen LogP contribution in [0.4, 0.5) is 5.82 Å². The highest BCUT2D eigenvalue weighted by molar-refractivity contribution is 5.87. The van der Waals surface area contributed by atoms with E-state index < -0.39 is 6.10 Å². The summed E-state index contributed by atoms with van der Waals surface area (Å²) in [5, 5.41) is 34.2. The van der Waals surface area contributed by atoms with E-state index in [4.69, 9.17) is 0 Å². The molecule has 200 valence electrons. The lowest BCUT2D eigenvalue weighted by Crippen LogP contribution is -2.31. The molecule has 1 unspecified atom stereocenters. The second-order valence-corrected chi connectivity index (χ2v) is 9.37. The van der Waals surface area contributed by atoms with Crippen LogP contribution >= 0.6 is 0 Å². The molecule has 11 heteroatoms. The summed E-state index contributed by atoms with van der Waals surface area (Å²) in [6.07, 6.45) is 8.37. The van der Waals surface area contributed by atoms with Crippen LogP contribution in [0.3, 0.4) is 0 Å². The molecule has 4 aromatic rings. The topological polar surface area (TPSA) is 136 Å². The first-order valence-electron chi connectivity index (χ1n) is 12.5. The number of carbonyl (C=O) groups excluding carboxylic acids is 1. The molecule has 0 saturated carbocycles. The first kappa shape index (κ1) is 27.3. The Morgan fingerprint density at radius 3 is 2.64 bits per heavy atom. The van der Waals surface area contributed by atoms with E-state index in [-0.39, 0.29) is 18.7 Å². The summed E-state index contributed by atoms with van der Waals surface area (Å²) < 4.78 is 3.44. The maximum absolute atomic E-state index is 12.1. The van der Waals surface area contributed by atoms with Gasteiger partial charge in [-0.25, -0.2) is 9.50 Å². The number of hydrogen-bond donors (Lipinski definition) is 3. The summed E-state index contributed by atoms with van der Waals surface area (Å²) in [5.41, 5.74) is 4.72. The molecule has 0 bridgehead atoms. The Morgan fingerprint density at radius 1 is 1.10 bits per heavy atom. The van der Waals surface area contributed by atoms with E-state index in [1.165, 1.54) is 0 Å². The lowest BCUT2D eigenvalue weighted by molar-refractivity contribution is -0.122. The van der Waals surface area contributed by atoms with Gasteiger partial charge in [-0.05, 0) is 32.3 Å². The zero-order valence-electron chi connectivity index (χ0n) is 22.2. The van der Waals surface area contributed by atoms with Crippen LogP contribution in [0.15, 0.2) is 49.2 Å². The predicted octanol–water partition coefficient (Wildman–Crippen LogP) is 1.90. The summed E-state index contributed by atoms with van der Waals surface area (Å²) in [6.45, 7) is 1.47. The molecule has 11 nitrogen and oxygen atoms in total. The molecule has 0 aliphatic carbocycles. The summed E-state index contributed by atoms with van der Waals surface area (Å²) in [6, 6.07) is 8.01. The fraction of sp³-hybridized carbons (Fsp3) is 0.321. The zero-order chi connectivity index (χ0) is 27.8. The van der Waals surface area contributed by atoms with Crippen molar-refractivity contribution in [2.75, 3.05) is 39.0 Å². The lowest BCUT2D eigenvalue weighted by atomic mass is 10.0. The number of carbonyl (C=O) groups is 1. The highest BCUT2D eigenvalue weighted by atomic mass is 16.3. The number of nitriles is 1. The van der Waals surface area contributed by atoms with Gasteiger partial charge in [-0.1, -0.05) is 11.8 Å². The van der Waals surface area contributed by atoms with Gasteiger partial charge in [0.25, 0.3) is 0 Å². The van der Waals surface area contributed by atoms with Gasteiger partial charge in [-0.3, -0.25) is 14.4 Å². The number of aryl methyl sites for hydroxylation is 1. The van der Waals surface area contributed by atoms with Crippen LogP contribution in [0.5, 0.6) is 0 Å². The van der Waals surface area contributed by atoms with Gasteiger partial charge < -0.3 is 15.7 Å². The molecule has 0 aliphatic rings. The quantitative estimate of drug-likeness (QED) is 0.211. The molecule has 0 fully saturated rings. The number of aliphatic hydroxyl groups is 1. The third kappa shape index (κ3) is 7.20. The van der Waals surface area contributed by atoms with E-state index in [9.17, 15) is 15.2 Å². The van der Waals surface area contributed by atoms with Crippen molar-refractivity contribution in [3.63, 3.8) is 0 Å². The monoisotopic (exact) mass is 525 g/mol. The fourth-order valence-corrected chi connectivity index (χ4v) is 3.96. The molecule has 0 saturated heterocycles. The fourth-order valence-electron chi connectivity index (χ4n) is 3.96. The van der Waals surface area contributed by atoms with Crippen molar-refractivity contribution in [1.29, 1.82) is 5.26 Å². The van der Waals surface area contributed by atoms with Gasteiger partial charge in [-0.2, -0.15) is 15.5 Å². The van der Waals surface area contributed by atoms with E-state index >= 15 is 0 Å². The number of amides is 1. The number of nitrogens with zero attached hydrogens (tertiary/aromatic N) is 7. The number of aromatic nitrogens is 5. The van der Waals surface area contributed by atoms with E-state index in [1.807, 2.05) is 56.6 Å². The Morgan fingerprint density at radius 2 is 1.95 bits per heavy atom. The first-order valence-corrected chi connectivity index (χ1v) is 12.5. The Bertz CT molecular complexity index is 1540. The zero-order valence-corrected chi connectivity index (χ0v) is 22.2. The Hall–Kier alpha value is -4.71. The Labute approximate surface area is 227 Å². The van der Waals surface area contributed by atoms with Crippen molar-refractivity contribution >= 4 is 17.2 Å². The molecular formula is C28H31N9O2. The molecule has 3 N–H and O–H groups in total. The van der Waals surface area contributed by atoms with Gasteiger partial charge in [0.15, 0.2) is 0 Å². The number of fused-ring (bicyclic) bond motifs is 1. The van der Waals surface area contributed by atoms with Gasteiger partial charge in [0.2, 0.25) is 5.91 Å². The van der Waals surface area contributed by atoms with Gasteiger partial charge in [0.05, 0.1) is 42.5 Å². The molecule has 39 heavy (non-hydrogen) atoms. The molecular weight excluding hydrogens is 494 g/mol. The second kappa shape index (κ2) is 12.7. The SMILES string of the molecule is CN(C)CC#CCC(O)CC(=O)NCCNc1ccc(-c2cc(-c3cnn(C)c3)cn3ncc(C#N)c23)cn1. The van der Waals surface area contributed by atoms with Gasteiger partial charge >= 0.3 is 0 Å². The van der Waals surface area contributed by atoms with Gasteiger partial charge in [0.1, 0.15) is 11.9 Å². The van der Waals surface area contributed by atoms with Crippen LogP contribution in [0.2, 0.25) is 0 Å². The summed E-state index contributed by atoms with van der Waals surface area (Å²) in [5.74, 6) is 6.25. The Balaban J connectivity index is 1.36. The first-order chi connectivity index (χ1) is 18.8. The Kier molecular flexibility index (Phi) is 8.90. The van der Waals surface area contributed by atoms with Crippen molar-refractivity contribution < 1.29 is 9.90 Å². The molecule has 4 aromatic heterocycles. The molecule has 1 atom stereocenters. The molecule has 4 heterocycles. The van der Waals surface area contributed by atoms with E-state index in [0.29, 0.717) is 36.5 Å². The van der Waals surface area contributed by atoms with Crippen molar-refractivity contribution in [3.05, 3.63) is 54.7 Å². The summed E-state index contributed by atoms with van der Waals surface area (Å²) in [7, 11) is 5.70. The normalized spacial score (nSPS) is 11.6. The molecule has 0 aliphatic heterocycles. The minimum absolute atomic E-state index is 0.00937.